The van der Waals surface area contributed by atoms with E-state index >= 15 is 0 Å². The van der Waals surface area contributed by atoms with E-state index in [9.17, 15) is 24.3 Å². The molecule has 1 heterocycles. The first-order valence-electron chi connectivity index (χ1n) is 13.8. The van der Waals surface area contributed by atoms with Gasteiger partial charge in [0, 0.05) is 6.04 Å². The molecule has 0 unspecified atom stereocenters. The van der Waals surface area contributed by atoms with Gasteiger partial charge < -0.3 is 25.3 Å². The molecule has 1 amide bonds. The molecule has 0 aromatic rings. The summed E-state index contributed by atoms with van der Waals surface area (Å²) in [4.78, 5) is 51.7. The molecule has 2 rings (SSSR count). The van der Waals surface area contributed by atoms with Crippen LogP contribution in [-0.2, 0) is 23.9 Å². The van der Waals surface area contributed by atoms with Gasteiger partial charge in [0.15, 0.2) is 0 Å². The Labute approximate surface area is 226 Å². The Kier molecular flexibility index (Phi) is 14.9. The first kappa shape index (κ1) is 33.3. The van der Waals surface area contributed by atoms with Crippen LogP contribution in [0.1, 0.15) is 85.5 Å². The number of carbonyl (C=O) groups excluding carboxylic acids is 4. The lowest BCUT2D eigenvalue weighted by atomic mass is 9.84. The van der Waals surface area contributed by atoms with Gasteiger partial charge in [-0.2, -0.15) is 0 Å². The lowest BCUT2D eigenvalue weighted by Crippen LogP contribution is -2.78. The molecular weight excluding hydrogens is 492 g/mol. The predicted molar refractivity (Wildman–Crippen MR) is 141 cm³/mol. The van der Waals surface area contributed by atoms with E-state index in [-0.39, 0.29) is 48.2 Å². The molecule has 0 radical (unpaired) electrons. The average Bonchev–Trinajstić information content (AvgIpc) is 3.26. The summed E-state index contributed by atoms with van der Waals surface area (Å²) in [5.41, 5.74) is 15.8. The lowest BCUT2D eigenvalue weighted by molar-refractivity contribution is -0.459. The molecule has 2 aliphatic rings. The van der Waals surface area contributed by atoms with Gasteiger partial charge in [0.1, 0.15) is 11.8 Å². The number of carboxylic acid groups (broad SMARTS) is 1. The van der Waals surface area contributed by atoms with Crippen LogP contribution in [-0.4, -0.2) is 77.8 Å². The van der Waals surface area contributed by atoms with Crippen molar-refractivity contribution in [2.45, 2.75) is 116 Å². The Hall–Kier alpha value is -2.73. The second-order valence-electron chi connectivity index (χ2n) is 10.2. The number of nitrogens with one attached hydrogen (secondary N) is 2. The molecule has 6 atom stereocenters. The summed E-state index contributed by atoms with van der Waals surface area (Å²) in [5.74, 6) is -1.37. The van der Waals surface area contributed by atoms with Crippen LogP contribution < -0.4 is 32.6 Å². The van der Waals surface area contributed by atoms with Crippen molar-refractivity contribution >= 4 is 29.6 Å². The summed E-state index contributed by atoms with van der Waals surface area (Å²) in [6.07, 6.45) is 7.15. The fourth-order valence-corrected chi connectivity index (χ4v) is 5.14. The van der Waals surface area contributed by atoms with Gasteiger partial charge in [-0.15, -0.1) is 0 Å². The number of aliphatic carboxylic acids is 1. The number of Topliss-reactive ketones (excluding diaryl/α,β-unsaturated/α-hetero) is 1. The standard InChI is InChI=1S/C19H32N2O5.C7H16N4O/c1-4-8-14(19(25)26-5-2)20-12(3)17(22)21-15-10-7-6-9-13(15)11-16(21)18(23)24;1-5(12)6(8)3-2-4-11-7(9)10/h12-16,20H,4-11H2,1-3H3,(H,23,24);6H,2-4,8H2,1H3,(H4,9,10,11)/t12-,13-,14-,15-,16-;6-/m00/s1. The molecule has 0 aromatic heterocycles. The minimum absolute atomic E-state index is 0.0136. The van der Waals surface area contributed by atoms with Gasteiger partial charge in [0.25, 0.3) is 0 Å². The normalized spacial score (nSPS) is 22.7. The number of likely N-dealkylation sites (tertiary alicyclic amines) is 1. The number of carbonyl (C=O) groups is 4. The van der Waals surface area contributed by atoms with Gasteiger partial charge in [-0.05, 0) is 65.2 Å². The summed E-state index contributed by atoms with van der Waals surface area (Å²) in [5, 5.41) is 14.7. The minimum atomic E-state index is -1.18. The third-order valence-electron chi connectivity index (χ3n) is 7.13. The number of nitrogens with two attached hydrogens (primary N) is 3. The van der Waals surface area contributed by atoms with Gasteiger partial charge in [0.05, 0.1) is 37.2 Å². The number of fused-ring (bicyclic) bond motifs is 1. The topological polar surface area (TPSA) is 208 Å². The van der Waals surface area contributed by atoms with Crippen molar-refractivity contribution in [1.29, 1.82) is 0 Å². The second-order valence-corrected chi connectivity index (χ2v) is 10.2. The monoisotopic (exact) mass is 540 g/mol. The summed E-state index contributed by atoms with van der Waals surface area (Å²) >= 11 is 0. The van der Waals surface area contributed by atoms with Crippen molar-refractivity contribution in [2.75, 3.05) is 13.2 Å². The van der Waals surface area contributed by atoms with Crippen LogP contribution in [0, 0.1) is 5.92 Å². The highest BCUT2D eigenvalue weighted by molar-refractivity contribution is 5.88. The highest BCUT2D eigenvalue weighted by Gasteiger charge is 2.46. The SMILES string of the molecule is CC(=O)[C@@H](N)CCC[NH+]=C(N)N.CCC[C@H](N[C@@H](C)C(=O)N1[C@H](C(=O)[O-])C[C@@H]2CCCC[C@@H]21)C(=O)OCC. The predicted octanol–water partition coefficient (Wildman–Crippen LogP) is -2.36. The number of rotatable bonds is 13. The number of hydrogen-bond acceptors (Lipinski definition) is 8. The van der Waals surface area contributed by atoms with Crippen LogP contribution in [0.5, 0.6) is 0 Å². The maximum Gasteiger partial charge on any atom is 0.338 e. The fraction of sp³-hybridized carbons (Fsp3) is 0.808. The molecule has 12 heteroatoms. The number of hydrogen-bond donors (Lipinski definition) is 5. The highest BCUT2D eigenvalue weighted by atomic mass is 16.5. The number of amides is 1. The van der Waals surface area contributed by atoms with Crippen molar-refractivity contribution in [3.8, 4) is 0 Å². The molecule has 0 spiro atoms. The quantitative estimate of drug-likeness (QED) is 0.0726. The molecule has 0 bridgehead atoms. The lowest BCUT2D eigenvalue weighted by Gasteiger charge is -2.36. The zero-order chi connectivity index (χ0) is 28.8. The molecule has 2 fully saturated rings. The van der Waals surface area contributed by atoms with Crippen LogP contribution in [0.4, 0.5) is 0 Å². The fourth-order valence-electron chi connectivity index (χ4n) is 5.14. The smallest absolute Gasteiger partial charge is 0.338 e. The van der Waals surface area contributed by atoms with Gasteiger partial charge >= 0.3 is 11.9 Å². The van der Waals surface area contributed by atoms with E-state index < -0.39 is 24.1 Å². The maximum atomic E-state index is 13.1. The number of nitrogens with zero attached hydrogens (tertiary/aromatic N) is 1. The molecule has 0 aromatic carbocycles. The molecule has 1 saturated carbocycles. The Morgan fingerprint density at radius 1 is 1.13 bits per heavy atom. The van der Waals surface area contributed by atoms with E-state index in [1.807, 2.05) is 6.92 Å². The zero-order valence-electron chi connectivity index (χ0n) is 23.4. The number of ether oxygens (including phenoxy) is 1. The molecule has 38 heavy (non-hydrogen) atoms. The Morgan fingerprint density at radius 3 is 2.34 bits per heavy atom. The van der Waals surface area contributed by atoms with Crippen LogP contribution in [0.3, 0.4) is 0 Å². The van der Waals surface area contributed by atoms with Gasteiger partial charge in [-0.1, -0.05) is 26.2 Å². The average molecular weight is 541 g/mol. The van der Waals surface area contributed by atoms with E-state index in [1.54, 1.807) is 13.8 Å². The third-order valence-corrected chi connectivity index (χ3v) is 7.13. The number of ketones is 1. The molecule has 12 nitrogen and oxygen atoms in total. The summed E-state index contributed by atoms with van der Waals surface area (Å²) < 4.78 is 5.08. The first-order chi connectivity index (χ1) is 17.9. The number of carboxylic acids is 1. The zero-order valence-corrected chi connectivity index (χ0v) is 23.4. The van der Waals surface area contributed by atoms with Crippen LogP contribution in [0.15, 0.2) is 0 Å². The minimum Gasteiger partial charge on any atom is -0.548 e. The largest absolute Gasteiger partial charge is 0.548 e. The number of guanidine groups is 1. The van der Waals surface area contributed by atoms with Crippen LogP contribution in [0.25, 0.3) is 0 Å². The summed E-state index contributed by atoms with van der Waals surface area (Å²) in [6, 6.07) is -2.47. The molecule has 1 saturated heterocycles. The van der Waals surface area contributed by atoms with E-state index in [2.05, 4.69) is 10.3 Å². The second kappa shape index (κ2) is 17.0. The molecule has 8 N–H and O–H groups in total. The first-order valence-corrected chi connectivity index (χ1v) is 13.8. The molecule has 1 aliphatic heterocycles. The maximum absolute atomic E-state index is 13.1. The van der Waals surface area contributed by atoms with Crippen LogP contribution in [0.2, 0.25) is 0 Å². The van der Waals surface area contributed by atoms with Crippen molar-refractivity contribution in [2.24, 2.45) is 23.1 Å². The third kappa shape index (κ3) is 10.6. The van der Waals surface area contributed by atoms with E-state index in [0.717, 1.165) is 38.5 Å². The Bertz CT molecular complexity index is 818. The van der Waals surface area contributed by atoms with E-state index in [4.69, 9.17) is 21.9 Å². The van der Waals surface area contributed by atoms with Crippen molar-refractivity contribution in [3.63, 3.8) is 0 Å². The van der Waals surface area contributed by atoms with E-state index in [0.29, 0.717) is 25.8 Å². The molecular formula is C26H48N6O6. The Balaban J connectivity index is 0.000000508. The van der Waals surface area contributed by atoms with E-state index in [1.165, 1.54) is 11.8 Å². The molecule has 218 valence electrons. The highest BCUT2D eigenvalue weighted by Crippen LogP contribution is 2.39. The van der Waals surface area contributed by atoms with Crippen molar-refractivity contribution in [3.05, 3.63) is 0 Å². The summed E-state index contributed by atoms with van der Waals surface area (Å²) in [6.45, 7) is 7.82. The van der Waals surface area contributed by atoms with Gasteiger partial charge in [0.2, 0.25) is 5.91 Å². The molecule has 1 aliphatic carbocycles. The van der Waals surface area contributed by atoms with Crippen LogP contribution >= 0.6 is 0 Å². The van der Waals surface area contributed by atoms with Crippen molar-refractivity contribution in [1.82, 2.24) is 10.2 Å². The van der Waals surface area contributed by atoms with Gasteiger partial charge in [-0.3, -0.25) is 36.2 Å². The van der Waals surface area contributed by atoms with Gasteiger partial charge in [-0.25, -0.2) is 0 Å². The van der Waals surface area contributed by atoms with Crippen molar-refractivity contribution < 1.29 is 34.0 Å². The Morgan fingerprint density at radius 2 is 1.79 bits per heavy atom. The summed E-state index contributed by atoms with van der Waals surface area (Å²) in [7, 11) is 0. The number of esters is 1.